The minimum Gasteiger partial charge on any atom is -0.481 e. The van der Waals surface area contributed by atoms with Crippen molar-refractivity contribution in [2.24, 2.45) is 23.3 Å². The molecule has 0 unspecified atom stereocenters. The smallest absolute Gasteiger partial charge is 0.328 e. The summed E-state index contributed by atoms with van der Waals surface area (Å²) in [6.07, 6.45) is 0.508. The predicted octanol–water partition coefficient (Wildman–Crippen LogP) is -7.13. The number of aliphatic carboxylic acids is 3. The number of carboxylic acids is 3. The molecule has 0 aliphatic carbocycles. The van der Waals surface area contributed by atoms with E-state index in [4.69, 9.17) is 11.5 Å². The third-order valence-electron chi connectivity index (χ3n) is 20.9. The van der Waals surface area contributed by atoms with E-state index in [1.807, 2.05) is 16.0 Å². The summed E-state index contributed by atoms with van der Waals surface area (Å²) in [5, 5.41) is 97.9. The summed E-state index contributed by atoms with van der Waals surface area (Å²) in [5.74, 6) is -23.4. The molecule has 44 nitrogen and oxygen atoms in total. The fourth-order valence-corrected chi connectivity index (χ4v) is 13.9. The first-order valence-electron chi connectivity index (χ1n) is 40.0. The van der Waals surface area contributed by atoms with Crippen LogP contribution in [0.2, 0.25) is 0 Å². The van der Waals surface area contributed by atoms with E-state index < -0.39 is 255 Å². The Kier molecular flexibility index (Phi) is 37.2. The number of hydrogen-bond donors (Lipinski definition) is 23. The topological polar surface area (TPSA) is 696 Å². The monoisotopic (exact) mass is 1730 g/mol. The number of hydrogen-bond acceptors (Lipinski definition) is 24. The van der Waals surface area contributed by atoms with Gasteiger partial charge in [0.2, 0.25) is 88.6 Å². The van der Waals surface area contributed by atoms with E-state index in [9.17, 15) is 103 Å². The maximum absolute atomic E-state index is 15.4. The maximum Gasteiger partial charge on any atom is 0.328 e. The zero-order valence-electron chi connectivity index (χ0n) is 68.3. The lowest BCUT2D eigenvalue weighted by Gasteiger charge is -2.33. The van der Waals surface area contributed by atoms with Gasteiger partial charge < -0.3 is 131 Å². The zero-order chi connectivity index (χ0) is 91.2. The fourth-order valence-electron chi connectivity index (χ4n) is 13.9. The van der Waals surface area contributed by atoms with Crippen LogP contribution in [0, 0.1) is 11.8 Å². The van der Waals surface area contributed by atoms with Gasteiger partial charge in [-0.25, -0.2) is 9.78 Å². The van der Waals surface area contributed by atoms with Gasteiger partial charge in [-0.3, -0.25) is 81.5 Å². The van der Waals surface area contributed by atoms with Crippen LogP contribution in [0.5, 0.6) is 0 Å². The first-order valence-corrected chi connectivity index (χ1v) is 40.0. The van der Waals surface area contributed by atoms with Gasteiger partial charge in [-0.15, -0.1) is 0 Å². The molecule has 7 rings (SSSR count). The van der Waals surface area contributed by atoms with E-state index in [1.165, 1.54) is 38.2 Å². The van der Waals surface area contributed by atoms with Crippen LogP contribution in [0.15, 0.2) is 104 Å². The van der Waals surface area contributed by atoms with Crippen LogP contribution in [0.1, 0.15) is 101 Å². The van der Waals surface area contributed by atoms with Gasteiger partial charge >= 0.3 is 17.9 Å². The zero-order valence-corrected chi connectivity index (χ0v) is 68.3. The molecular formula is C80H107N19O25. The number of carboxylic acid groups (broad SMARTS) is 3. The molecule has 16 atom stereocenters. The molecule has 2 saturated heterocycles. The average Bonchev–Trinajstić information content (AvgIpc) is 1.63. The molecule has 124 heavy (non-hydrogen) atoms. The third-order valence-corrected chi connectivity index (χ3v) is 20.9. The molecule has 2 aromatic heterocycles. The number of imidazole rings is 1. The molecule has 25 N–H and O–H groups in total. The lowest BCUT2D eigenvalue weighted by Crippen LogP contribution is -2.62. The highest BCUT2D eigenvalue weighted by Crippen LogP contribution is 2.28. The number of para-hydroxylation sites is 1. The number of carbonyl (C=O) groups excluding carboxylic acids is 15. The van der Waals surface area contributed by atoms with Crippen molar-refractivity contribution in [1.82, 2.24) is 88.6 Å². The van der Waals surface area contributed by atoms with Gasteiger partial charge in [-0.2, -0.15) is 0 Å². The number of nitrogens with two attached hydrogens (primary N) is 2. The second kappa shape index (κ2) is 47.2. The lowest BCUT2D eigenvalue weighted by atomic mass is 9.96. The molecule has 15 amide bonds. The van der Waals surface area contributed by atoms with E-state index >= 15 is 19.2 Å². The van der Waals surface area contributed by atoms with Crippen LogP contribution in [-0.2, 0) is 112 Å². The minimum absolute atomic E-state index is 0.0383. The van der Waals surface area contributed by atoms with Crippen LogP contribution in [0.4, 0.5) is 0 Å². The summed E-state index contributed by atoms with van der Waals surface area (Å²) >= 11 is 0. The summed E-state index contributed by atoms with van der Waals surface area (Å²) < 4.78 is 0. The molecule has 44 heteroatoms. The highest BCUT2D eigenvalue weighted by atomic mass is 16.4. The lowest BCUT2D eigenvalue weighted by molar-refractivity contribution is -0.148. The Labute approximate surface area is 709 Å². The number of amides is 15. The molecule has 2 fully saturated rings. The second-order valence-electron chi connectivity index (χ2n) is 30.4. The molecule has 0 saturated carbocycles. The Hall–Kier alpha value is -13.3. The first kappa shape index (κ1) is 97.8. The molecule has 2 aliphatic heterocycles. The Balaban J connectivity index is 1.05. The summed E-state index contributed by atoms with van der Waals surface area (Å²) in [4.78, 5) is 260. The van der Waals surface area contributed by atoms with Crippen LogP contribution in [-0.4, -0.2) is 297 Å². The Morgan fingerprint density at radius 3 is 1.39 bits per heavy atom. The number of aliphatic hydroxyl groups is 4. The van der Waals surface area contributed by atoms with Crippen molar-refractivity contribution in [2.45, 2.75) is 195 Å². The van der Waals surface area contributed by atoms with Crippen LogP contribution < -0.4 is 75.3 Å². The van der Waals surface area contributed by atoms with Gasteiger partial charge in [-0.05, 0) is 60.3 Å². The van der Waals surface area contributed by atoms with Crippen LogP contribution in [0.3, 0.4) is 0 Å². The fraction of sp³-hybridized carbons (Fsp3) is 0.487. The number of aromatic amines is 2. The number of aliphatic hydroxyl groups excluding tert-OH is 4. The van der Waals surface area contributed by atoms with Crippen molar-refractivity contribution in [2.75, 3.05) is 39.5 Å². The number of nitrogens with one attached hydrogen (secondary N) is 14. The van der Waals surface area contributed by atoms with Gasteiger partial charge in [-0.1, -0.05) is 113 Å². The standard InChI is InChI=1S/C80H107N19O25/c1-5-41(4)65(77(120)96-64(40(2)3)76(119)95-58(38-103)80(123)124)97-74(117)57(37-102)93-72(115)54(32-63(107)108)91-71(114)53(31-62(105)106)90-70(113)52(30-61(82)104)89-73(116)56(36-101)94-75(118)59-22-14-24-98(59)79(122)60-23-15-25-99(60)78(121)55(27-43-18-10-7-11-19-43)92-68(111)50(28-44-33-84-48-21-13-12-20-46(44)48)88-67(110)49(26-42-16-8-6-9-17-42)87-69(112)51(29-45-34-83-39-85-45)86-66(109)47(81)35-100/h6-13,16-21,33-34,39-41,47,49-60,64-65,84,100-103H,5,14-15,22-32,35-38,81H2,1-4H3,(H2,82,104)(H,83,85)(H,86,109)(H,87,112)(H,88,110)(H,89,116)(H,90,113)(H,91,114)(H,92,111)(H,93,115)(H,94,118)(H,95,119)(H,96,120)(H,97,117)(H,105,106)(H,107,108)(H,123,124)/t41-,47-,49-,50-,51-,52-,53-,54-,55-,56-,57-,58-,59-,60-,64-,65-/m0/s1. The second-order valence-corrected chi connectivity index (χ2v) is 30.4. The normalized spacial score (nSPS) is 17.1. The molecule has 4 heterocycles. The van der Waals surface area contributed by atoms with Gasteiger partial charge in [0.1, 0.15) is 90.6 Å². The summed E-state index contributed by atoms with van der Waals surface area (Å²) in [7, 11) is 0. The van der Waals surface area contributed by atoms with Crippen LogP contribution in [0.25, 0.3) is 10.9 Å². The highest BCUT2D eigenvalue weighted by Gasteiger charge is 2.46. The van der Waals surface area contributed by atoms with E-state index in [0.717, 1.165) is 4.90 Å². The van der Waals surface area contributed by atoms with Crippen molar-refractivity contribution < 1.29 is 122 Å². The molecule has 0 radical (unpaired) electrons. The third kappa shape index (κ3) is 28.1. The van der Waals surface area contributed by atoms with Gasteiger partial charge in [0.05, 0.1) is 52.0 Å². The predicted molar refractivity (Wildman–Crippen MR) is 434 cm³/mol. The molecule has 0 bridgehead atoms. The first-order chi connectivity index (χ1) is 59.0. The van der Waals surface area contributed by atoms with Crippen molar-refractivity contribution in [1.29, 1.82) is 0 Å². The van der Waals surface area contributed by atoms with Gasteiger partial charge in [0.25, 0.3) is 0 Å². The summed E-state index contributed by atoms with van der Waals surface area (Å²) in [5.41, 5.74) is 14.0. The van der Waals surface area contributed by atoms with Crippen molar-refractivity contribution in [3.8, 4) is 0 Å². The van der Waals surface area contributed by atoms with E-state index in [1.54, 1.807) is 98.0 Å². The number of carbonyl (C=O) groups is 18. The number of fused-ring (bicyclic) bond motifs is 1. The number of primary amides is 1. The average molecular weight is 1730 g/mol. The molecule has 0 spiro atoms. The Morgan fingerprint density at radius 2 is 0.879 bits per heavy atom. The molecular weight excluding hydrogens is 1630 g/mol. The number of nitrogens with zero attached hydrogens (tertiary/aromatic N) is 3. The van der Waals surface area contributed by atoms with Crippen molar-refractivity contribution >= 4 is 117 Å². The molecule has 672 valence electrons. The van der Waals surface area contributed by atoms with E-state index in [0.29, 0.717) is 33.3 Å². The van der Waals surface area contributed by atoms with E-state index in [-0.39, 0.29) is 70.9 Å². The molecule has 5 aromatic rings. The maximum atomic E-state index is 15.4. The summed E-state index contributed by atoms with van der Waals surface area (Å²) in [6, 6.07) is -1.30. The summed E-state index contributed by atoms with van der Waals surface area (Å²) in [6.45, 7) is 1.69. The van der Waals surface area contributed by atoms with Crippen LogP contribution >= 0.6 is 0 Å². The van der Waals surface area contributed by atoms with Crippen molar-refractivity contribution in [3.05, 3.63) is 126 Å². The Bertz CT molecular complexity index is 4610. The number of likely N-dealkylation sites (tertiary alicyclic amines) is 2. The van der Waals surface area contributed by atoms with Crippen molar-refractivity contribution in [3.63, 3.8) is 0 Å². The molecule has 2 aliphatic rings. The highest BCUT2D eigenvalue weighted by molar-refractivity contribution is 6.03. The molecule has 3 aromatic carbocycles. The number of H-pyrrole nitrogens is 2. The van der Waals surface area contributed by atoms with E-state index in [2.05, 4.69) is 62.8 Å². The largest absolute Gasteiger partial charge is 0.481 e. The number of aromatic nitrogens is 3. The number of rotatable bonds is 48. The van der Waals surface area contributed by atoms with Gasteiger partial charge in [0, 0.05) is 67.8 Å². The SMILES string of the molecule is CC[C@H](C)[C@H](NC(=O)[C@H](CO)NC(=O)[C@H](CC(=O)O)NC(=O)[C@H](CC(=O)O)NC(=O)[C@H](CC(N)=O)NC(=O)[C@H](CO)NC(=O)[C@@H]1CCCN1C(=O)[C@@H]1CCCN1C(=O)[C@H](Cc1ccccc1)NC(=O)[C@H](Cc1c[nH]c2ccccc12)NC(=O)[C@H](Cc1ccccc1)NC(=O)[C@H](Cc1cnc[nH]1)NC(=O)[C@@H](N)CO)C(=O)N[C@H](C(=O)N[C@@H](CO)C(=O)O)C(C)C. The Morgan fingerprint density at radius 1 is 0.452 bits per heavy atom. The quantitative estimate of drug-likeness (QED) is 0.0172. The van der Waals surface area contributed by atoms with Gasteiger partial charge in [0.15, 0.2) is 0 Å². The minimum atomic E-state index is -2.31. The number of benzene rings is 3.